The van der Waals surface area contributed by atoms with Crippen LogP contribution in [0.15, 0.2) is 42.9 Å². The minimum Gasteiger partial charge on any atom is -0.491 e. The summed E-state index contributed by atoms with van der Waals surface area (Å²) in [5.41, 5.74) is -0.356. The maximum Gasteiger partial charge on any atom is 0.408 e. The quantitative estimate of drug-likeness (QED) is 0.411. The summed E-state index contributed by atoms with van der Waals surface area (Å²) in [6.07, 6.45) is 3.37. The van der Waals surface area contributed by atoms with Crippen molar-refractivity contribution < 1.29 is 28.6 Å². The van der Waals surface area contributed by atoms with Crippen molar-refractivity contribution in [2.75, 3.05) is 11.9 Å². The van der Waals surface area contributed by atoms with Crippen LogP contribution in [0.3, 0.4) is 0 Å². The van der Waals surface area contributed by atoms with E-state index >= 15 is 0 Å². The van der Waals surface area contributed by atoms with E-state index in [9.17, 15) is 14.4 Å². The molecule has 37 heavy (non-hydrogen) atoms. The Hall–Kier alpha value is -4.48. The fraction of sp³-hybridized carbons (Fsp3) is 0.360. The second kappa shape index (κ2) is 11.5. The number of aryl methyl sites for hydroxylation is 1. The zero-order chi connectivity index (χ0) is 27.2. The number of benzene rings is 1. The first-order valence-corrected chi connectivity index (χ1v) is 11.5. The van der Waals surface area contributed by atoms with Crippen LogP contribution in [0.4, 0.5) is 10.6 Å². The highest BCUT2D eigenvalue weighted by Gasteiger charge is 2.18. The largest absolute Gasteiger partial charge is 0.491 e. The second-order valence-corrected chi connectivity index (χ2v) is 9.31. The van der Waals surface area contributed by atoms with Crippen molar-refractivity contribution in [2.45, 2.75) is 46.3 Å². The summed E-state index contributed by atoms with van der Waals surface area (Å²) >= 11 is 0. The van der Waals surface area contributed by atoms with Crippen LogP contribution in [0.2, 0.25) is 0 Å². The normalized spacial score (nSPS) is 11.1. The molecule has 0 aliphatic heterocycles. The van der Waals surface area contributed by atoms with Crippen LogP contribution < -0.4 is 20.1 Å². The third-order valence-electron chi connectivity index (χ3n) is 4.40. The Labute approximate surface area is 214 Å². The van der Waals surface area contributed by atoms with Gasteiger partial charge < -0.3 is 24.8 Å². The lowest BCUT2D eigenvalue weighted by molar-refractivity contribution is 0.0520. The Morgan fingerprint density at radius 1 is 1.05 bits per heavy atom. The zero-order valence-corrected chi connectivity index (χ0v) is 21.6. The Morgan fingerprint density at radius 3 is 2.38 bits per heavy atom. The summed E-state index contributed by atoms with van der Waals surface area (Å²) in [6.45, 7) is 8.59. The van der Waals surface area contributed by atoms with Gasteiger partial charge in [0.15, 0.2) is 5.82 Å². The number of amides is 2. The molecule has 0 aliphatic rings. The van der Waals surface area contributed by atoms with Crippen LogP contribution in [0.5, 0.6) is 17.4 Å². The molecule has 0 unspecified atom stereocenters. The Balaban J connectivity index is 1.70. The molecule has 196 valence electrons. The number of carbonyl (C=O) groups excluding carboxylic acids is 3. The van der Waals surface area contributed by atoms with Crippen molar-refractivity contribution in [1.29, 1.82) is 0 Å². The third kappa shape index (κ3) is 8.60. The van der Waals surface area contributed by atoms with Gasteiger partial charge in [-0.2, -0.15) is 5.10 Å². The molecule has 0 aliphatic carbocycles. The number of hydrogen-bond donors (Lipinski definition) is 2. The second-order valence-electron chi connectivity index (χ2n) is 9.31. The van der Waals surface area contributed by atoms with Crippen LogP contribution >= 0.6 is 0 Å². The molecular formula is C25H30N6O6. The molecule has 12 nitrogen and oxygen atoms in total. The average molecular weight is 511 g/mol. The maximum absolute atomic E-state index is 12.8. The topological polar surface area (TPSA) is 147 Å². The van der Waals surface area contributed by atoms with E-state index in [2.05, 4.69) is 25.7 Å². The highest BCUT2D eigenvalue weighted by Crippen LogP contribution is 2.27. The van der Waals surface area contributed by atoms with Crippen LogP contribution in [0, 0.1) is 0 Å². The van der Waals surface area contributed by atoms with Crippen LogP contribution in [-0.2, 0) is 11.8 Å². The van der Waals surface area contributed by atoms with E-state index in [1.54, 1.807) is 56.9 Å². The molecule has 12 heteroatoms. The summed E-state index contributed by atoms with van der Waals surface area (Å²) in [6, 6.07) is 6.40. The summed E-state index contributed by atoms with van der Waals surface area (Å²) in [5, 5.41) is 9.24. The van der Waals surface area contributed by atoms with Gasteiger partial charge in [-0.1, -0.05) is 0 Å². The lowest BCUT2D eigenvalue weighted by atomic mass is 10.2. The van der Waals surface area contributed by atoms with E-state index in [0.29, 0.717) is 11.6 Å². The number of anilines is 1. The lowest BCUT2D eigenvalue weighted by Crippen LogP contribution is -2.35. The molecule has 1 aromatic carbocycles. The van der Waals surface area contributed by atoms with Gasteiger partial charge in [-0.25, -0.2) is 14.8 Å². The first-order chi connectivity index (χ1) is 17.4. The lowest BCUT2D eigenvalue weighted by Gasteiger charge is -2.19. The van der Waals surface area contributed by atoms with E-state index in [1.807, 2.05) is 13.8 Å². The average Bonchev–Trinajstić information content (AvgIpc) is 3.20. The van der Waals surface area contributed by atoms with Crippen molar-refractivity contribution >= 4 is 23.6 Å². The van der Waals surface area contributed by atoms with Crippen LogP contribution in [0.25, 0.3) is 0 Å². The van der Waals surface area contributed by atoms with Gasteiger partial charge in [0.2, 0.25) is 11.7 Å². The number of ketones is 1. The number of nitrogens with zero attached hydrogens (tertiary/aromatic N) is 4. The number of alkyl carbamates (subject to hydrolysis) is 1. The van der Waals surface area contributed by atoms with Gasteiger partial charge in [0.25, 0.3) is 5.91 Å². The molecule has 2 aromatic heterocycles. The van der Waals surface area contributed by atoms with E-state index in [-0.39, 0.29) is 35.5 Å². The number of Topliss-reactive ketones (excluding diaryl/α,β-unsaturated/α-hetero) is 1. The van der Waals surface area contributed by atoms with E-state index in [1.165, 1.54) is 18.5 Å². The van der Waals surface area contributed by atoms with Crippen molar-refractivity contribution in [1.82, 2.24) is 25.1 Å². The molecule has 3 rings (SSSR count). The van der Waals surface area contributed by atoms with Crippen molar-refractivity contribution in [3.63, 3.8) is 0 Å². The third-order valence-corrected chi connectivity index (χ3v) is 4.40. The molecule has 0 radical (unpaired) electrons. The molecule has 0 atom stereocenters. The summed E-state index contributed by atoms with van der Waals surface area (Å²) < 4.78 is 18.2. The van der Waals surface area contributed by atoms with Crippen molar-refractivity contribution in [3.8, 4) is 17.4 Å². The SMILES string of the molecule is CC(C)Oc1cc(Oc2cnc(C(=O)CNC(=O)OC(C)(C)C)cn2)cc(C(=O)Nc2ccn(C)n2)c1. The van der Waals surface area contributed by atoms with Gasteiger partial charge in [-0.3, -0.25) is 14.3 Å². The van der Waals surface area contributed by atoms with Gasteiger partial charge in [0, 0.05) is 30.9 Å². The van der Waals surface area contributed by atoms with Crippen molar-refractivity contribution in [2.24, 2.45) is 7.05 Å². The Kier molecular flexibility index (Phi) is 8.43. The number of hydrogen-bond acceptors (Lipinski definition) is 9. The Bertz CT molecular complexity index is 1260. The van der Waals surface area contributed by atoms with Gasteiger partial charge >= 0.3 is 6.09 Å². The van der Waals surface area contributed by atoms with E-state index in [4.69, 9.17) is 14.2 Å². The molecule has 0 fully saturated rings. The van der Waals surface area contributed by atoms with Crippen molar-refractivity contribution in [3.05, 3.63) is 54.1 Å². The minimum atomic E-state index is -0.708. The molecule has 0 spiro atoms. The van der Waals surface area contributed by atoms with Gasteiger partial charge in [0.1, 0.15) is 22.8 Å². The van der Waals surface area contributed by atoms with E-state index < -0.39 is 23.4 Å². The number of aromatic nitrogens is 4. The van der Waals surface area contributed by atoms with Crippen LogP contribution in [0.1, 0.15) is 55.5 Å². The Morgan fingerprint density at radius 2 is 1.78 bits per heavy atom. The summed E-state index contributed by atoms with van der Waals surface area (Å²) in [7, 11) is 1.75. The molecule has 0 saturated carbocycles. The minimum absolute atomic E-state index is 0.0377. The fourth-order valence-electron chi connectivity index (χ4n) is 2.96. The maximum atomic E-state index is 12.8. The van der Waals surface area contributed by atoms with Gasteiger partial charge in [-0.15, -0.1) is 0 Å². The van der Waals surface area contributed by atoms with Gasteiger partial charge in [0.05, 0.1) is 25.0 Å². The number of ether oxygens (including phenoxy) is 3. The first-order valence-electron chi connectivity index (χ1n) is 11.5. The number of carbonyl (C=O) groups is 3. The van der Waals surface area contributed by atoms with E-state index in [0.717, 1.165) is 0 Å². The highest BCUT2D eigenvalue weighted by atomic mass is 16.6. The van der Waals surface area contributed by atoms with Crippen LogP contribution in [-0.4, -0.2) is 55.8 Å². The predicted molar refractivity (Wildman–Crippen MR) is 134 cm³/mol. The summed E-state index contributed by atoms with van der Waals surface area (Å²) in [5.74, 6) is 0.343. The monoisotopic (exact) mass is 510 g/mol. The molecular weight excluding hydrogens is 480 g/mol. The molecule has 2 amide bonds. The molecule has 0 saturated heterocycles. The fourth-order valence-corrected chi connectivity index (χ4v) is 2.96. The highest BCUT2D eigenvalue weighted by molar-refractivity contribution is 6.04. The number of nitrogens with one attached hydrogen (secondary N) is 2. The predicted octanol–water partition coefficient (Wildman–Crippen LogP) is 3.75. The molecule has 2 heterocycles. The molecule has 3 aromatic rings. The molecule has 0 bridgehead atoms. The van der Waals surface area contributed by atoms with Gasteiger partial charge in [-0.05, 0) is 46.8 Å². The first kappa shape index (κ1) is 27.1. The number of rotatable bonds is 9. The molecule has 2 N–H and O–H groups in total. The zero-order valence-electron chi connectivity index (χ0n) is 21.6. The smallest absolute Gasteiger partial charge is 0.408 e. The standard InChI is InChI=1S/C25H30N6O6/c1-15(2)35-17-9-16(23(33)29-21-7-8-31(6)30-21)10-18(11-17)36-22-14-26-19(12-27-22)20(32)13-28-24(34)37-25(3,4)5/h7-12,14-15H,13H2,1-6H3,(H,28,34)(H,29,30,33). The summed E-state index contributed by atoms with van der Waals surface area (Å²) in [4.78, 5) is 45.0.